The second-order valence-electron chi connectivity index (χ2n) is 7.37. The first kappa shape index (κ1) is 25.3. The van der Waals surface area contributed by atoms with Gasteiger partial charge in [0.25, 0.3) is 11.1 Å². The third kappa shape index (κ3) is 5.88. The van der Waals surface area contributed by atoms with Crippen LogP contribution in [0.1, 0.15) is 18.1 Å². The number of amides is 2. The zero-order valence-electron chi connectivity index (χ0n) is 18.5. The molecule has 3 aromatic rings. The van der Waals surface area contributed by atoms with Crippen LogP contribution in [0.4, 0.5) is 4.79 Å². The standard InChI is InChI=1S/C25H20INO6S2/c1-2-32-21-14-18(13-20(26)23(21)33-35(30,31)19-11-7-4-8-12-19)15-22-24(28)27(25(29)34-22)16-17-9-5-3-6-10-17/h3-15H,2,16H2,1H3/b22-15-. The predicted octanol–water partition coefficient (Wildman–Crippen LogP) is 5.69. The minimum absolute atomic E-state index is 0.0226. The Morgan fingerprint density at radius 2 is 1.66 bits per heavy atom. The molecule has 180 valence electrons. The zero-order chi connectivity index (χ0) is 25.0. The molecule has 0 N–H and O–H groups in total. The first-order valence-corrected chi connectivity index (χ1v) is 13.8. The largest absolute Gasteiger partial charge is 0.490 e. The summed E-state index contributed by atoms with van der Waals surface area (Å²) in [6.45, 7) is 2.23. The Bertz CT molecular complexity index is 1390. The highest BCUT2D eigenvalue weighted by atomic mass is 127. The van der Waals surface area contributed by atoms with E-state index in [2.05, 4.69) is 0 Å². The fraction of sp³-hybridized carbons (Fsp3) is 0.120. The lowest BCUT2D eigenvalue weighted by Crippen LogP contribution is -2.27. The summed E-state index contributed by atoms with van der Waals surface area (Å²) in [7, 11) is -4.07. The molecule has 2 amide bonds. The Labute approximate surface area is 221 Å². The van der Waals surface area contributed by atoms with Crippen molar-refractivity contribution in [1.29, 1.82) is 0 Å². The molecule has 0 aliphatic carbocycles. The van der Waals surface area contributed by atoms with Crippen LogP contribution in [0.5, 0.6) is 11.5 Å². The Kier molecular flexibility index (Phi) is 7.82. The van der Waals surface area contributed by atoms with Gasteiger partial charge in [-0.1, -0.05) is 48.5 Å². The molecule has 35 heavy (non-hydrogen) atoms. The maximum Gasteiger partial charge on any atom is 0.339 e. The summed E-state index contributed by atoms with van der Waals surface area (Å²) in [5.41, 5.74) is 1.43. The number of thioether (sulfide) groups is 1. The van der Waals surface area contributed by atoms with Gasteiger partial charge in [-0.05, 0) is 82.7 Å². The summed E-state index contributed by atoms with van der Waals surface area (Å²) < 4.78 is 37.1. The van der Waals surface area contributed by atoms with Gasteiger partial charge in [0, 0.05) is 0 Å². The molecular weight excluding hydrogens is 601 g/mol. The van der Waals surface area contributed by atoms with Crippen molar-refractivity contribution in [1.82, 2.24) is 4.90 Å². The van der Waals surface area contributed by atoms with E-state index in [9.17, 15) is 18.0 Å². The summed E-state index contributed by atoms with van der Waals surface area (Å²) in [5, 5.41) is -0.348. The highest BCUT2D eigenvalue weighted by Gasteiger charge is 2.35. The molecule has 0 unspecified atom stereocenters. The molecule has 4 rings (SSSR count). The molecule has 0 saturated carbocycles. The van der Waals surface area contributed by atoms with Gasteiger partial charge in [-0.3, -0.25) is 14.5 Å². The summed E-state index contributed by atoms with van der Waals surface area (Å²) in [4.78, 5) is 26.9. The molecule has 0 spiro atoms. The Morgan fingerprint density at radius 1 is 1.00 bits per heavy atom. The molecule has 0 atom stereocenters. The van der Waals surface area contributed by atoms with Crippen molar-refractivity contribution >= 4 is 61.7 Å². The van der Waals surface area contributed by atoms with Crippen LogP contribution in [0.25, 0.3) is 6.08 Å². The molecule has 1 fully saturated rings. The topological polar surface area (TPSA) is 90.0 Å². The lowest BCUT2D eigenvalue weighted by molar-refractivity contribution is -0.123. The SMILES string of the molecule is CCOc1cc(/C=C2\SC(=O)N(Cc3ccccc3)C2=O)cc(I)c1OS(=O)(=O)c1ccccc1. The summed E-state index contributed by atoms with van der Waals surface area (Å²) >= 11 is 2.82. The van der Waals surface area contributed by atoms with Gasteiger partial charge in [-0.2, -0.15) is 8.42 Å². The Balaban J connectivity index is 1.62. The average Bonchev–Trinajstić information content (AvgIpc) is 3.10. The average molecular weight is 621 g/mol. The molecule has 1 heterocycles. The van der Waals surface area contributed by atoms with Crippen LogP contribution >= 0.6 is 34.4 Å². The Morgan fingerprint density at radius 3 is 2.31 bits per heavy atom. The molecule has 7 nitrogen and oxygen atoms in total. The van der Waals surface area contributed by atoms with Crippen molar-refractivity contribution in [2.45, 2.75) is 18.4 Å². The number of carbonyl (C=O) groups excluding carboxylic acids is 2. The van der Waals surface area contributed by atoms with Crippen LogP contribution in [-0.4, -0.2) is 31.1 Å². The van der Waals surface area contributed by atoms with Crippen molar-refractivity contribution in [3.8, 4) is 11.5 Å². The lowest BCUT2D eigenvalue weighted by atomic mass is 10.1. The van der Waals surface area contributed by atoms with E-state index >= 15 is 0 Å². The summed E-state index contributed by atoms with van der Waals surface area (Å²) in [6, 6.07) is 20.4. The predicted molar refractivity (Wildman–Crippen MR) is 143 cm³/mol. The van der Waals surface area contributed by atoms with Crippen molar-refractivity contribution in [2.75, 3.05) is 6.61 Å². The number of halogens is 1. The highest BCUT2D eigenvalue weighted by molar-refractivity contribution is 14.1. The van der Waals surface area contributed by atoms with Gasteiger partial charge in [0.1, 0.15) is 4.90 Å². The van der Waals surface area contributed by atoms with Crippen molar-refractivity contribution < 1.29 is 26.9 Å². The molecule has 3 aromatic carbocycles. The van der Waals surface area contributed by atoms with Crippen molar-refractivity contribution in [2.24, 2.45) is 0 Å². The van der Waals surface area contributed by atoms with Crippen LogP contribution in [0.2, 0.25) is 0 Å². The second-order valence-corrected chi connectivity index (χ2v) is 11.1. The van der Waals surface area contributed by atoms with Gasteiger partial charge in [0.05, 0.1) is 21.6 Å². The van der Waals surface area contributed by atoms with Crippen LogP contribution in [-0.2, 0) is 21.5 Å². The number of hydrogen-bond donors (Lipinski definition) is 0. The normalized spacial score (nSPS) is 15.0. The molecule has 0 radical (unpaired) electrons. The fourth-order valence-corrected chi connectivity index (χ4v) is 6.01. The number of ether oxygens (including phenoxy) is 1. The van der Waals surface area contributed by atoms with E-state index in [-0.39, 0.29) is 45.6 Å². The molecule has 1 saturated heterocycles. The van der Waals surface area contributed by atoms with Crippen LogP contribution in [0, 0.1) is 3.57 Å². The first-order valence-electron chi connectivity index (χ1n) is 10.5. The summed E-state index contributed by atoms with van der Waals surface area (Å²) in [5.74, 6) is -0.108. The zero-order valence-corrected chi connectivity index (χ0v) is 22.3. The highest BCUT2D eigenvalue weighted by Crippen LogP contribution is 2.39. The molecular formula is C25H20INO6S2. The Hall–Kier alpha value is -2.83. The maximum absolute atomic E-state index is 12.9. The summed E-state index contributed by atoms with van der Waals surface area (Å²) in [6.07, 6.45) is 1.59. The van der Waals surface area contributed by atoms with E-state index in [1.165, 1.54) is 17.0 Å². The van der Waals surface area contributed by atoms with Crippen molar-refractivity contribution in [3.63, 3.8) is 0 Å². The van der Waals surface area contributed by atoms with E-state index < -0.39 is 10.1 Å². The third-order valence-corrected chi connectivity index (χ3v) is 7.86. The van der Waals surface area contributed by atoms with Gasteiger partial charge in [0.2, 0.25) is 0 Å². The van der Waals surface area contributed by atoms with E-state index in [0.29, 0.717) is 9.13 Å². The number of hydrogen-bond acceptors (Lipinski definition) is 7. The minimum Gasteiger partial charge on any atom is -0.490 e. The monoisotopic (exact) mass is 621 g/mol. The lowest BCUT2D eigenvalue weighted by Gasteiger charge is -2.15. The fourth-order valence-electron chi connectivity index (χ4n) is 3.31. The van der Waals surface area contributed by atoms with E-state index in [4.69, 9.17) is 8.92 Å². The van der Waals surface area contributed by atoms with E-state index in [1.807, 2.05) is 52.9 Å². The van der Waals surface area contributed by atoms with Gasteiger partial charge in [0.15, 0.2) is 11.5 Å². The molecule has 10 heteroatoms. The van der Waals surface area contributed by atoms with Crippen LogP contribution < -0.4 is 8.92 Å². The van der Waals surface area contributed by atoms with Crippen molar-refractivity contribution in [3.05, 3.63) is 92.4 Å². The van der Waals surface area contributed by atoms with Gasteiger partial charge in [-0.15, -0.1) is 0 Å². The number of nitrogens with zero attached hydrogens (tertiary/aromatic N) is 1. The van der Waals surface area contributed by atoms with E-state index in [1.54, 1.807) is 43.3 Å². The van der Waals surface area contributed by atoms with Gasteiger partial charge < -0.3 is 8.92 Å². The van der Waals surface area contributed by atoms with Crippen LogP contribution in [0.3, 0.4) is 0 Å². The molecule has 1 aliphatic heterocycles. The first-order chi connectivity index (χ1) is 16.8. The third-order valence-electron chi connectivity index (χ3n) is 4.91. The maximum atomic E-state index is 12.9. The van der Waals surface area contributed by atoms with E-state index in [0.717, 1.165) is 17.3 Å². The molecule has 1 aliphatic rings. The number of benzene rings is 3. The smallest absolute Gasteiger partial charge is 0.339 e. The van der Waals surface area contributed by atoms with Gasteiger partial charge in [-0.25, -0.2) is 0 Å². The second kappa shape index (κ2) is 10.8. The quantitative estimate of drug-likeness (QED) is 0.181. The number of imide groups is 1. The molecule has 0 aromatic heterocycles. The van der Waals surface area contributed by atoms with Gasteiger partial charge >= 0.3 is 10.1 Å². The number of rotatable bonds is 8. The van der Waals surface area contributed by atoms with Crippen LogP contribution in [0.15, 0.2) is 82.6 Å². The molecule has 0 bridgehead atoms. The number of carbonyl (C=O) groups is 2. The minimum atomic E-state index is -4.07.